The van der Waals surface area contributed by atoms with E-state index in [0.29, 0.717) is 0 Å². The zero-order valence-electron chi connectivity index (χ0n) is 11.0. The second-order valence-electron chi connectivity index (χ2n) is 5.11. The minimum absolute atomic E-state index is 0.00810. The highest BCUT2D eigenvalue weighted by Crippen LogP contribution is 2.31. The van der Waals surface area contributed by atoms with E-state index in [1.807, 2.05) is 36.2 Å². The summed E-state index contributed by atoms with van der Waals surface area (Å²) in [6.45, 7) is 0. The van der Waals surface area contributed by atoms with Gasteiger partial charge in [0.25, 0.3) is 0 Å². The fourth-order valence-electron chi connectivity index (χ4n) is 2.58. The smallest absolute Gasteiger partial charge is 0.159 e. The highest BCUT2D eigenvalue weighted by atomic mass is 35.5. The van der Waals surface area contributed by atoms with Crippen molar-refractivity contribution in [2.45, 2.75) is 17.8 Å². The molecular weight excluding hydrogens is 316 g/mol. The second-order valence-corrected chi connectivity index (χ2v) is 8.62. The molecule has 1 aromatic rings. The summed E-state index contributed by atoms with van der Waals surface area (Å²) in [6.07, 6.45) is 0. The van der Waals surface area contributed by atoms with Gasteiger partial charge >= 0.3 is 0 Å². The van der Waals surface area contributed by atoms with Crippen LogP contribution in [-0.4, -0.2) is 49.1 Å². The van der Waals surface area contributed by atoms with Crippen LogP contribution < -0.4 is 0 Å². The molecule has 2 heterocycles. The highest BCUT2D eigenvalue weighted by molar-refractivity contribution is 8.13. The normalized spacial score (nSPS) is 27.5. The molecule has 0 unspecified atom stereocenters. The van der Waals surface area contributed by atoms with Crippen LogP contribution in [0.5, 0.6) is 0 Å². The Morgan fingerprint density at radius 3 is 2.85 bits per heavy atom. The van der Waals surface area contributed by atoms with E-state index in [0.717, 1.165) is 21.5 Å². The van der Waals surface area contributed by atoms with Crippen LogP contribution in [0.1, 0.15) is 5.56 Å². The fourth-order valence-corrected chi connectivity index (χ4v) is 5.86. The summed E-state index contributed by atoms with van der Waals surface area (Å²) < 4.78 is 23.2. The van der Waals surface area contributed by atoms with Gasteiger partial charge in [-0.25, -0.2) is 8.42 Å². The molecule has 1 saturated heterocycles. The van der Waals surface area contributed by atoms with E-state index in [-0.39, 0.29) is 23.6 Å². The summed E-state index contributed by atoms with van der Waals surface area (Å²) in [5.41, 5.74) is 1.07. The van der Waals surface area contributed by atoms with Gasteiger partial charge in [-0.1, -0.05) is 41.6 Å². The average Bonchev–Trinajstić information content (AvgIpc) is 2.83. The number of amidine groups is 1. The molecule has 1 aromatic carbocycles. The summed E-state index contributed by atoms with van der Waals surface area (Å²) in [6, 6.07) is 7.65. The maximum atomic E-state index is 11.6. The molecular formula is C13H15ClN2O2S2. The van der Waals surface area contributed by atoms with Crippen molar-refractivity contribution in [2.24, 2.45) is 4.99 Å². The van der Waals surface area contributed by atoms with Crippen molar-refractivity contribution < 1.29 is 8.42 Å². The van der Waals surface area contributed by atoms with Crippen molar-refractivity contribution in [3.8, 4) is 0 Å². The van der Waals surface area contributed by atoms with Crippen LogP contribution in [0.25, 0.3) is 0 Å². The van der Waals surface area contributed by atoms with Gasteiger partial charge in [0.05, 0.1) is 23.6 Å². The van der Waals surface area contributed by atoms with Gasteiger partial charge in [0.2, 0.25) is 0 Å². The average molecular weight is 331 g/mol. The lowest BCUT2D eigenvalue weighted by molar-refractivity contribution is 0.410. The Kier molecular flexibility index (Phi) is 3.73. The number of fused-ring (bicyclic) bond motifs is 1. The second kappa shape index (κ2) is 5.24. The number of benzene rings is 1. The van der Waals surface area contributed by atoms with E-state index >= 15 is 0 Å². The number of nitrogens with zero attached hydrogens (tertiary/aromatic N) is 2. The van der Waals surface area contributed by atoms with Crippen molar-refractivity contribution >= 4 is 38.4 Å². The molecule has 3 rings (SSSR count). The van der Waals surface area contributed by atoms with Crippen LogP contribution >= 0.6 is 23.4 Å². The number of hydrogen-bond donors (Lipinski definition) is 0. The lowest BCUT2D eigenvalue weighted by Crippen LogP contribution is -2.35. The Labute approximate surface area is 128 Å². The standard InChI is InChI=1S/C13H15ClN2O2S2/c1-16-12-8-20(17,18)7-11(12)15-13(16)19-6-9-4-2-3-5-10(9)14/h2-5,11-12H,6-8H2,1H3/t11-,12+/m1/s1. The maximum absolute atomic E-state index is 11.6. The molecule has 7 heteroatoms. The molecule has 108 valence electrons. The zero-order valence-corrected chi connectivity index (χ0v) is 13.4. The minimum Gasteiger partial charge on any atom is -0.348 e. The third kappa shape index (κ3) is 2.69. The Morgan fingerprint density at radius 1 is 1.40 bits per heavy atom. The molecule has 0 bridgehead atoms. The number of sulfone groups is 1. The van der Waals surface area contributed by atoms with Crippen molar-refractivity contribution in [2.75, 3.05) is 18.6 Å². The Bertz CT molecular complexity index is 660. The van der Waals surface area contributed by atoms with Gasteiger partial charge < -0.3 is 4.90 Å². The van der Waals surface area contributed by atoms with Crippen LogP contribution in [0.2, 0.25) is 5.02 Å². The van der Waals surface area contributed by atoms with Gasteiger partial charge in [0.15, 0.2) is 15.0 Å². The summed E-state index contributed by atoms with van der Waals surface area (Å²) in [4.78, 5) is 6.55. The summed E-state index contributed by atoms with van der Waals surface area (Å²) >= 11 is 7.75. The zero-order chi connectivity index (χ0) is 14.3. The monoisotopic (exact) mass is 330 g/mol. The van der Waals surface area contributed by atoms with Crippen LogP contribution in [-0.2, 0) is 15.6 Å². The van der Waals surface area contributed by atoms with E-state index in [9.17, 15) is 8.42 Å². The first-order valence-electron chi connectivity index (χ1n) is 6.33. The first-order valence-corrected chi connectivity index (χ1v) is 9.52. The molecule has 0 radical (unpaired) electrons. The Balaban J connectivity index is 1.69. The molecule has 1 fully saturated rings. The minimum atomic E-state index is -2.91. The Hall–Kier alpha value is -0.720. The molecule has 2 aliphatic rings. The summed E-state index contributed by atoms with van der Waals surface area (Å²) in [7, 11) is -0.994. The van der Waals surface area contributed by atoms with E-state index in [2.05, 4.69) is 4.99 Å². The summed E-state index contributed by atoms with van der Waals surface area (Å²) in [5, 5.41) is 1.67. The molecule has 4 nitrogen and oxygen atoms in total. The molecule has 0 aromatic heterocycles. The van der Waals surface area contributed by atoms with Crippen molar-refractivity contribution in [1.82, 2.24) is 4.90 Å². The Morgan fingerprint density at radius 2 is 2.15 bits per heavy atom. The van der Waals surface area contributed by atoms with Crippen LogP contribution in [0.15, 0.2) is 29.3 Å². The predicted molar refractivity (Wildman–Crippen MR) is 84.2 cm³/mol. The molecule has 0 N–H and O–H groups in total. The molecule has 0 amide bonds. The van der Waals surface area contributed by atoms with Gasteiger partial charge in [0, 0.05) is 17.8 Å². The van der Waals surface area contributed by atoms with Crippen molar-refractivity contribution in [3.63, 3.8) is 0 Å². The SMILES string of the molecule is CN1C(SCc2ccccc2Cl)=N[C@@H]2CS(=O)(=O)C[C@@H]21. The predicted octanol–water partition coefficient (Wildman–Crippen LogP) is 2.04. The van der Waals surface area contributed by atoms with Crippen molar-refractivity contribution in [3.05, 3.63) is 34.9 Å². The van der Waals surface area contributed by atoms with E-state index < -0.39 is 9.84 Å². The molecule has 2 atom stereocenters. The number of aliphatic imine (C=N–C) groups is 1. The van der Waals surface area contributed by atoms with Crippen LogP contribution in [0.3, 0.4) is 0 Å². The van der Waals surface area contributed by atoms with Gasteiger partial charge in [-0.15, -0.1) is 0 Å². The summed E-state index contributed by atoms with van der Waals surface area (Å²) in [5.74, 6) is 1.14. The van der Waals surface area contributed by atoms with Gasteiger partial charge in [-0.3, -0.25) is 4.99 Å². The number of halogens is 1. The van der Waals surface area contributed by atoms with Crippen molar-refractivity contribution in [1.29, 1.82) is 0 Å². The first kappa shape index (κ1) is 14.2. The number of hydrogen-bond acceptors (Lipinski definition) is 5. The third-order valence-electron chi connectivity index (χ3n) is 3.68. The molecule has 0 saturated carbocycles. The maximum Gasteiger partial charge on any atom is 0.159 e. The topological polar surface area (TPSA) is 49.7 Å². The lowest BCUT2D eigenvalue weighted by Gasteiger charge is -2.20. The molecule has 2 aliphatic heterocycles. The number of likely N-dealkylation sites (N-methyl/N-ethyl adjacent to an activating group) is 1. The van der Waals surface area contributed by atoms with E-state index in [1.165, 1.54) is 0 Å². The fraction of sp³-hybridized carbons (Fsp3) is 0.462. The first-order chi connectivity index (χ1) is 9.46. The van der Waals surface area contributed by atoms with Crippen LogP contribution in [0.4, 0.5) is 0 Å². The van der Waals surface area contributed by atoms with Gasteiger partial charge in [-0.2, -0.15) is 0 Å². The largest absolute Gasteiger partial charge is 0.348 e. The van der Waals surface area contributed by atoms with E-state index in [4.69, 9.17) is 11.6 Å². The van der Waals surface area contributed by atoms with Crippen LogP contribution in [0, 0.1) is 0 Å². The third-order valence-corrected chi connectivity index (χ3v) is 6.86. The van der Waals surface area contributed by atoms with Gasteiger partial charge in [-0.05, 0) is 11.6 Å². The van der Waals surface area contributed by atoms with Gasteiger partial charge in [0.1, 0.15) is 0 Å². The number of rotatable bonds is 2. The quantitative estimate of drug-likeness (QED) is 0.832. The lowest BCUT2D eigenvalue weighted by atomic mass is 10.2. The van der Waals surface area contributed by atoms with E-state index in [1.54, 1.807) is 11.8 Å². The molecule has 0 spiro atoms. The number of thioether (sulfide) groups is 1. The molecule has 20 heavy (non-hydrogen) atoms. The highest BCUT2D eigenvalue weighted by Gasteiger charge is 2.44. The molecule has 0 aliphatic carbocycles.